The lowest BCUT2D eigenvalue weighted by Gasteiger charge is -2.15. The number of pyridine rings is 1. The van der Waals surface area contributed by atoms with Crippen molar-refractivity contribution in [2.75, 3.05) is 0 Å². The van der Waals surface area contributed by atoms with E-state index in [1.54, 1.807) is 0 Å². The fraction of sp³-hybridized carbons (Fsp3) is 0.211. The Bertz CT molecular complexity index is 727. The molecule has 106 valence electrons. The third kappa shape index (κ3) is 3.11. The second-order valence-corrected chi connectivity index (χ2v) is 5.53. The first-order chi connectivity index (χ1) is 10.2. The van der Waals surface area contributed by atoms with Crippen molar-refractivity contribution in [3.63, 3.8) is 0 Å². The summed E-state index contributed by atoms with van der Waals surface area (Å²) in [5.74, 6) is 0. The molecule has 2 heteroatoms. The lowest BCUT2D eigenvalue weighted by atomic mass is 10.0. The van der Waals surface area contributed by atoms with Gasteiger partial charge < -0.3 is 5.32 Å². The minimum atomic E-state index is 0.336. The zero-order valence-electron chi connectivity index (χ0n) is 12.5. The van der Waals surface area contributed by atoms with Gasteiger partial charge in [-0.3, -0.25) is 4.98 Å². The van der Waals surface area contributed by atoms with E-state index in [9.17, 15) is 0 Å². The molecule has 0 radical (unpaired) electrons. The van der Waals surface area contributed by atoms with Crippen molar-refractivity contribution < 1.29 is 0 Å². The minimum absolute atomic E-state index is 0.336. The van der Waals surface area contributed by atoms with Crippen LogP contribution in [-0.2, 0) is 6.54 Å². The molecule has 2 nitrogen and oxygen atoms in total. The Hall–Kier alpha value is -2.19. The van der Waals surface area contributed by atoms with E-state index in [1.165, 1.54) is 27.5 Å². The molecule has 0 amide bonds. The Morgan fingerprint density at radius 3 is 2.67 bits per heavy atom. The largest absolute Gasteiger partial charge is 0.306 e. The molecule has 1 atom stereocenters. The molecular formula is C19H20N2. The predicted molar refractivity (Wildman–Crippen MR) is 88.2 cm³/mol. The van der Waals surface area contributed by atoms with Crippen molar-refractivity contribution in [2.45, 2.75) is 26.4 Å². The highest BCUT2D eigenvalue weighted by Crippen LogP contribution is 2.19. The quantitative estimate of drug-likeness (QED) is 0.764. The molecule has 3 aromatic rings. The van der Waals surface area contributed by atoms with E-state index in [0.717, 1.165) is 6.54 Å². The van der Waals surface area contributed by atoms with Crippen LogP contribution < -0.4 is 5.32 Å². The number of benzene rings is 2. The summed E-state index contributed by atoms with van der Waals surface area (Å²) in [6, 6.07) is 17.5. The van der Waals surface area contributed by atoms with Gasteiger partial charge in [-0.2, -0.15) is 0 Å². The molecule has 0 fully saturated rings. The topological polar surface area (TPSA) is 24.9 Å². The molecule has 0 aliphatic heterocycles. The molecule has 0 aliphatic carbocycles. The summed E-state index contributed by atoms with van der Waals surface area (Å²) >= 11 is 0. The molecule has 21 heavy (non-hydrogen) atoms. The van der Waals surface area contributed by atoms with Gasteiger partial charge in [0.05, 0.1) is 0 Å². The first-order valence-corrected chi connectivity index (χ1v) is 7.35. The van der Waals surface area contributed by atoms with Gasteiger partial charge in [-0.1, -0.05) is 48.0 Å². The number of nitrogens with one attached hydrogen (secondary N) is 1. The van der Waals surface area contributed by atoms with Gasteiger partial charge in [-0.15, -0.1) is 0 Å². The second kappa shape index (κ2) is 6.06. The van der Waals surface area contributed by atoms with Crippen molar-refractivity contribution in [2.24, 2.45) is 0 Å². The maximum atomic E-state index is 4.18. The smallest absolute Gasteiger partial charge is 0.0346 e. The number of aromatic nitrogens is 1. The van der Waals surface area contributed by atoms with Crippen LogP contribution in [0.1, 0.15) is 29.7 Å². The monoisotopic (exact) mass is 276 g/mol. The van der Waals surface area contributed by atoms with Crippen LogP contribution in [0.5, 0.6) is 0 Å². The summed E-state index contributed by atoms with van der Waals surface area (Å²) in [6.45, 7) is 5.18. The average Bonchev–Trinajstić information content (AvgIpc) is 2.53. The number of rotatable bonds is 4. The molecule has 0 saturated carbocycles. The zero-order valence-corrected chi connectivity index (χ0v) is 12.5. The SMILES string of the molecule is Cc1ccc([C@H](C)NCc2cccc3cnccc23)cc1. The Balaban J connectivity index is 1.76. The van der Waals surface area contributed by atoms with E-state index in [0.29, 0.717) is 6.04 Å². The van der Waals surface area contributed by atoms with Crippen molar-refractivity contribution in [3.8, 4) is 0 Å². The Kier molecular flexibility index (Phi) is 3.98. The Morgan fingerprint density at radius 2 is 1.86 bits per heavy atom. The molecular weight excluding hydrogens is 256 g/mol. The molecule has 1 heterocycles. The first-order valence-electron chi connectivity index (χ1n) is 7.35. The van der Waals surface area contributed by atoms with Gasteiger partial charge in [-0.25, -0.2) is 0 Å². The predicted octanol–water partition coefficient (Wildman–Crippen LogP) is 4.39. The summed E-state index contributed by atoms with van der Waals surface area (Å²) in [7, 11) is 0. The van der Waals surface area contributed by atoms with Crippen LogP contribution in [0, 0.1) is 6.92 Å². The average molecular weight is 276 g/mol. The fourth-order valence-electron chi connectivity index (χ4n) is 2.58. The van der Waals surface area contributed by atoms with E-state index in [4.69, 9.17) is 0 Å². The fourth-order valence-corrected chi connectivity index (χ4v) is 2.58. The summed E-state index contributed by atoms with van der Waals surface area (Å²) in [4.78, 5) is 4.18. The van der Waals surface area contributed by atoms with E-state index in [-0.39, 0.29) is 0 Å². The Morgan fingerprint density at radius 1 is 1.05 bits per heavy atom. The number of hydrogen-bond acceptors (Lipinski definition) is 2. The van der Waals surface area contributed by atoms with Crippen molar-refractivity contribution in [3.05, 3.63) is 77.6 Å². The van der Waals surface area contributed by atoms with Gasteiger partial charge in [0.2, 0.25) is 0 Å². The summed E-state index contributed by atoms with van der Waals surface area (Å²) in [5.41, 5.74) is 3.93. The number of hydrogen-bond donors (Lipinski definition) is 1. The summed E-state index contributed by atoms with van der Waals surface area (Å²) in [6.07, 6.45) is 3.78. The number of fused-ring (bicyclic) bond motifs is 1. The summed E-state index contributed by atoms with van der Waals surface area (Å²) in [5, 5.41) is 6.07. The lowest BCUT2D eigenvalue weighted by molar-refractivity contribution is 0.576. The van der Waals surface area contributed by atoms with Crippen LogP contribution in [0.3, 0.4) is 0 Å². The first kappa shape index (κ1) is 13.8. The third-order valence-electron chi connectivity index (χ3n) is 3.95. The highest BCUT2D eigenvalue weighted by atomic mass is 14.9. The van der Waals surface area contributed by atoms with E-state index in [2.05, 4.69) is 72.7 Å². The molecule has 1 aromatic heterocycles. The van der Waals surface area contributed by atoms with Gasteiger partial charge in [-0.05, 0) is 36.4 Å². The molecule has 3 rings (SSSR count). The van der Waals surface area contributed by atoms with Crippen molar-refractivity contribution in [1.29, 1.82) is 0 Å². The van der Waals surface area contributed by atoms with Crippen LogP contribution in [0.15, 0.2) is 60.9 Å². The molecule has 0 unspecified atom stereocenters. The standard InChI is InChI=1S/C19H20N2/c1-14-6-8-16(9-7-14)15(2)21-13-18-5-3-4-17-12-20-11-10-19(17)18/h3-12,15,21H,13H2,1-2H3/t15-/m0/s1. The highest BCUT2D eigenvalue weighted by Gasteiger charge is 2.06. The number of aryl methyl sites for hydroxylation is 1. The zero-order chi connectivity index (χ0) is 14.7. The van der Waals surface area contributed by atoms with Crippen LogP contribution in [0.2, 0.25) is 0 Å². The maximum absolute atomic E-state index is 4.18. The van der Waals surface area contributed by atoms with Gasteiger partial charge in [0.15, 0.2) is 0 Å². The maximum Gasteiger partial charge on any atom is 0.0346 e. The van der Waals surface area contributed by atoms with E-state index < -0.39 is 0 Å². The van der Waals surface area contributed by atoms with Crippen molar-refractivity contribution in [1.82, 2.24) is 10.3 Å². The minimum Gasteiger partial charge on any atom is -0.306 e. The van der Waals surface area contributed by atoms with Gasteiger partial charge in [0.1, 0.15) is 0 Å². The molecule has 2 aromatic carbocycles. The second-order valence-electron chi connectivity index (χ2n) is 5.53. The molecule has 0 saturated heterocycles. The van der Waals surface area contributed by atoms with Crippen LogP contribution >= 0.6 is 0 Å². The van der Waals surface area contributed by atoms with Crippen LogP contribution in [-0.4, -0.2) is 4.98 Å². The van der Waals surface area contributed by atoms with Gasteiger partial charge in [0.25, 0.3) is 0 Å². The van der Waals surface area contributed by atoms with Gasteiger partial charge >= 0.3 is 0 Å². The lowest BCUT2D eigenvalue weighted by Crippen LogP contribution is -2.18. The van der Waals surface area contributed by atoms with Gasteiger partial charge in [0, 0.05) is 30.4 Å². The van der Waals surface area contributed by atoms with Crippen molar-refractivity contribution >= 4 is 10.8 Å². The number of nitrogens with zero attached hydrogens (tertiary/aromatic N) is 1. The molecule has 0 spiro atoms. The Labute approximate surface area is 125 Å². The van der Waals surface area contributed by atoms with Crippen LogP contribution in [0.4, 0.5) is 0 Å². The normalized spacial score (nSPS) is 12.5. The molecule has 0 bridgehead atoms. The third-order valence-corrected chi connectivity index (χ3v) is 3.95. The summed E-state index contributed by atoms with van der Waals surface area (Å²) < 4.78 is 0. The molecule has 1 N–H and O–H groups in total. The van der Waals surface area contributed by atoms with E-state index in [1.807, 2.05) is 12.4 Å². The van der Waals surface area contributed by atoms with E-state index >= 15 is 0 Å². The highest BCUT2D eigenvalue weighted by molar-refractivity contribution is 5.84. The molecule has 0 aliphatic rings. The van der Waals surface area contributed by atoms with Crippen LogP contribution in [0.25, 0.3) is 10.8 Å².